The smallest absolute Gasteiger partial charge is 0.303 e. The maximum absolute atomic E-state index is 11.8. The molecule has 26 heavy (non-hydrogen) atoms. The predicted molar refractivity (Wildman–Crippen MR) is 83.4 cm³/mol. The first-order valence-electron chi connectivity index (χ1n) is 7.64. The van der Waals surface area contributed by atoms with Gasteiger partial charge in [0, 0.05) is 25.7 Å². The lowest BCUT2D eigenvalue weighted by Gasteiger charge is -2.41. The van der Waals surface area contributed by atoms with Crippen LogP contribution in [0.3, 0.4) is 0 Å². The second-order valence-electron chi connectivity index (χ2n) is 5.39. The number of amides is 1. The summed E-state index contributed by atoms with van der Waals surface area (Å²) in [5.41, 5.74) is 8.26. The molecule has 0 bridgehead atoms. The third-order valence-corrected chi connectivity index (χ3v) is 3.26. The van der Waals surface area contributed by atoms with Gasteiger partial charge in [-0.2, -0.15) is 0 Å². The summed E-state index contributed by atoms with van der Waals surface area (Å²) in [6.45, 7) is 2.70. The maximum Gasteiger partial charge on any atom is 0.303 e. The van der Waals surface area contributed by atoms with Crippen LogP contribution in [-0.2, 0) is 38.1 Å². The van der Waals surface area contributed by atoms with Crippen molar-refractivity contribution in [2.24, 2.45) is 5.11 Å². The number of nitrogens with zero attached hydrogens (tertiary/aromatic N) is 3. The Balaban J connectivity index is 2.99. The highest BCUT2D eigenvalue weighted by Gasteiger charge is 2.46. The number of rotatable bonds is 7. The summed E-state index contributed by atoms with van der Waals surface area (Å²) in [4.78, 5) is 48.1. The minimum atomic E-state index is -1.12. The maximum atomic E-state index is 11.8. The summed E-state index contributed by atoms with van der Waals surface area (Å²) >= 11 is 0. The first-order chi connectivity index (χ1) is 12.2. The van der Waals surface area contributed by atoms with E-state index >= 15 is 0 Å². The van der Waals surface area contributed by atoms with Gasteiger partial charge in [0.1, 0.15) is 19.3 Å². The van der Waals surface area contributed by atoms with Crippen molar-refractivity contribution in [1.82, 2.24) is 5.32 Å². The zero-order valence-electron chi connectivity index (χ0n) is 14.5. The van der Waals surface area contributed by atoms with Crippen molar-refractivity contribution in [2.75, 3.05) is 19.8 Å². The van der Waals surface area contributed by atoms with Crippen LogP contribution in [0.2, 0.25) is 0 Å². The summed E-state index contributed by atoms with van der Waals surface area (Å²) in [5.74, 6) is -2.54. The average Bonchev–Trinajstić information content (AvgIpc) is 2.54. The highest BCUT2D eigenvalue weighted by atomic mass is 16.6. The average molecular weight is 372 g/mol. The van der Waals surface area contributed by atoms with Crippen molar-refractivity contribution in [3.63, 3.8) is 0 Å². The normalized spacial score (nSPS) is 24.6. The standard InChI is InChI=1S/C14H20N4O8/c1-7(19)23-6-11-14(26-9(3)21)13(25-8(2)20)10(5-24-11)17-12(22)4-16-18-15/h10-11,13-14H,4-6H2,1-3H3,(H,17,22)/t10?,11?,13?,14-/m1/s1. The molecule has 1 amide bonds. The minimum Gasteiger partial charge on any atom is -0.463 e. The van der Waals surface area contributed by atoms with E-state index in [-0.39, 0.29) is 13.2 Å². The van der Waals surface area contributed by atoms with Crippen LogP contribution in [0.15, 0.2) is 5.11 Å². The van der Waals surface area contributed by atoms with Gasteiger partial charge in [-0.1, -0.05) is 5.11 Å². The van der Waals surface area contributed by atoms with Gasteiger partial charge in [0.2, 0.25) is 5.91 Å². The highest BCUT2D eigenvalue weighted by Crippen LogP contribution is 2.23. The molecule has 3 unspecified atom stereocenters. The van der Waals surface area contributed by atoms with Gasteiger partial charge in [-0.05, 0) is 5.53 Å². The Morgan fingerprint density at radius 2 is 1.73 bits per heavy atom. The van der Waals surface area contributed by atoms with Crippen molar-refractivity contribution in [2.45, 2.75) is 45.1 Å². The molecule has 1 aliphatic rings. The fraction of sp³-hybridized carbons (Fsp3) is 0.714. The van der Waals surface area contributed by atoms with Crippen LogP contribution in [0, 0.1) is 0 Å². The first-order valence-corrected chi connectivity index (χ1v) is 7.64. The Morgan fingerprint density at radius 1 is 1.12 bits per heavy atom. The van der Waals surface area contributed by atoms with Crippen LogP contribution in [0.25, 0.3) is 10.4 Å². The van der Waals surface area contributed by atoms with E-state index in [1.165, 1.54) is 6.92 Å². The Labute approximate surface area is 148 Å². The molecule has 0 aromatic rings. The Morgan fingerprint density at radius 3 is 2.27 bits per heavy atom. The van der Waals surface area contributed by atoms with Crippen molar-refractivity contribution in [3.05, 3.63) is 10.4 Å². The second kappa shape index (κ2) is 10.2. The Kier molecular flexibility index (Phi) is 8.32. The Bertz CT molecular complexity index is 604. The van der Waals surface area contributed by atoms with Crippen LogP contribution in [-0.4, -0.2) is 67.9 Å². The fourth-order valence-electron chi connectivity index (χ4n) is 2.35. The molecule has 144 valence electrons. The van der Waals surface area contributed by atoms with Gasteiger partial charge in [0.25, 0.3) is 0 Å². The number of esters is 3. The topological polar surface area (TPSA) is 166 Å². The molecular weight excluding hydrogens is 352 g/mol. The Hall–Kier alpha value is -2.85. The van der Waals surface area contributed by atoms with E-state index in [0.29, 0.717) is 0 Å². The summed E-state index contributed by atoms with van der Waals surface area (Å²) in [6.07, 6.45) is -3.09. The van der Waals surface area contributed by atoms with Crippen LogP contribution in [0.4, 0.5) is 0 Å². The molecular formula is C14H20N4O8. The second-order valence-corrected chi connectivity index (χ2v) is 5.39. The van der Waals surface area contributed by atoms with Gasteiger partial charge in [-0.25, -0.2) is 0 Å². The quantitative estimate of drug-likeness (QED) is 0.207. The zero-order chi connectivity index (χ0) is 19.7. The highest BCUT2D eigenvalue weighted by molar-refractivity contribution is 5.78. The summed E-state index contributed by atoms with van der Waals surface area (Å²) in [5, 5.41) is 5.62. The molecule has 1 heterocycles. The van der Waals surface area contributed by atoms with Gasteiger partial charge in [0.05, 0.1) is 12.6 Å². The lowest BCUT2D eigenvalue weighted by atomic mass is 9.97. The first kappa shape index (κ1) is 21.2. The van der Waals surface area contributed by atoms with Crippen molar-refractivity contribution < 1.29 is 38.1 Å². The van der Waals surface area contributed by atoms with Gasteiger partial charge in [0.15, 0.2) is 12.2 Å². The van der Waals surface area contributed by atoms with Gasteiger partial charge < -0.3 is 24.3 Å². The van der Waals surface area contributed by atoms with Gasteiger partial charge in [-0.3, -0.25) is 19.2 Å². The molecule has 0 spiro atoms. The van der Waals surface area contributed by atoms with Crippen molar-refractivity contribution in [1.29, 1.82) is 0 Å². The van der Waals surface area contributed by atoms with Crippen LogP contribution < -0.4 is 5.32 Å². The van der Waals surface area contributed by atoms with Gasteiger partial charge >= 0.3 is 17.9 Å². The van der Waals surface area contributed by atoms with E-state index in [2.05, 4.69) is 15.3 Å². The molecule has 1 rings (SSSR count). The minimum absolute atomic E-state index is 0.107. The zero-order valence-corrected chi connectivity index (χ0v) is 14.5. The SMILES string of the molecule is CC(=O)OCC1OCC(NC(=O)CN=[N+]=[N-])C(OC(C)=O)[C@@H]1OC(C)=O. The lowest BCUT2D eigenvalue weighted by molar-refractivity contribution is -0.207. The molecule has 1 saturated heterocycles. The number of carbonyl (C=O) groups excluding carboxylic acids is 4. The monoisotopic (exact) mass is 372 g/mol. The largest absolute Gasteiger partial charge is 0.463 e. The molecule has 0 aromatic heterocycles. The molecule has 0 saturated carbocycles. The van der Waals surface area contributed by atoms with E-state index in [9.17, 15) is 19.2 Å². The summed E-state index contributed by atoms with van der Waals surface area (Å²) in [6, 6.07) is -0.863. The number of hydrogen-bond acceptors (Lipinski definition) is 9. The van der Waals surface area contributed by atoms with E-state index in [0.717, 1.165) is 13.8 Å². The van der Waals surface area contributed by atoms with E-state index in [4.69, 9.17) is 24.5 Å². The van der Waals surface area contributed by atoms with E-state index in [1.807, 2.05) is 0 Å². The molecule has 4 atom stereocenters. The molecule has 1 N–H and O–H groups in total. The van der Waals surface area contributed by atoms with E-state index < -0.39 is 54.7 Å². The molecule has 0 aromatic carbocycles. The molecule has 0 radical (unpaired) electrons. The van der Waals surface area contributed by atoms with Crippen LogP contribution in [0.1, 0.15) is 20.8 Å². The summed E-state index contributed by atoms with van der Waals surface area (Å²) in [7, 11) is 0. The molecule has 12 nitrogen and oxygen atoms in total. The predicted octanol–water partition coefficient (Wildman–Crippen LogP) is -0.393. The number of azide groups is 1. The molecule has 0 aliphatic carbocycles. The van der Waals surface area contributed by atoms with Crippen LogP contribution in [0.5, 0.6) is 0 Å². The van der Waals surface area contributed by atoms with E-state index in [1.54, 1.807) is 0 Å². The van der Waals surface area contributed by atoms with Gasteiger partial charge in [-0.15, -0.1) is 0 Å². The number of carbonyl (C=O) groups is 4. The van der Waals surface area contributed by atoms with Crippen molar-refractivity contribution >= 4 is 23.8 Å². The molecule has 1 fully saturated rings. The molecule has 1 aliphatic heterocycles. The fourth-order valence-corrected chi connectivity index (χ4v) is 2.35. The molecule has 12 heteroatoms. The number of nitrogens with one attached hydrogen (secondary N) is 1. The number of hydrogen-bond donors (Lipinski definition) is 1. The number of ether oxygens (including phenoxy) is 4. The third kappa shape index (κ3) is 6.95. The lowest BCUT2D eigenvalue weighted by Crippen LogP contribution is -2.62. The third-order valence-electron chi connectivity index (χ3n) is 3.26. The van der Waals surface area contributed by atoms with Crippen LogP contribution >= 0.6 is 0 Å². The van der Waals surface area contributed by atoms with Crippen molar-refractivity contribution in [3.8, 4) is 0 Å². The summed E-state index contributed by atoms with van der Waals surface area (Å²) < 4.78 is 20.8.